The van der Waals surface area contributed by atoms with E-state index in [0.29, 0.717) is 41.5 Å². The van der Waals surface area contributed by atoms with Crippen molar-refractivity contribution in [2.24, 2.45) is 0 Å². The number of aryl methyl sites for hydroxylation is 1. The zero-order chi connectivity index (χ0) is 29.3. The number of nitrogens with one attached hydrogen (secondary N) is 1. The Morgan fingerprint density at radius 2 is 1.76 bits per heavy atom. The minimum Gasteiger partial charge on any atom is -0.345 e. The van der Waals surface area contributed by atoms with Crippen LogP contribution in [-0.2, 0) is 6.42 Å². The lowest BCUT2D eigenvalue weighted by Crippen LogP contribution is -2.38. The van der Waals surface area contributed by atoms with Gasteiger partial charge < -0.3 is 14.7 Å². The first-order valence-electron chi connectivity index (χ1n) is 14.4. The average molecular weight is 554 g/mol. The number of carbonyl (C=O) groups is 2. The Bertz CT molecular complexity index is 1490. The summed E-state index contributed by atoms with van der Waals surface area (Å²) in [5.41, 5.74) is 5.76. The summed E-state index contributed by atoms with van der Waals surface area (Å²) in [5.74, 6) is 2.11. The van der Waals surface area contributed by atoms with Crippen molar-refractivity contribution in [3.8, 4) is 17.5 Å². The van der Waals surface area contributed by atoms with Crippen molar-refractivity contribution in [2.45, 2.75) is 50.9 Å². The van der Waals surface area contributed by atoms with Crippen LogP contribution in [0.2, 0.25) is 0 Å². The van der Waals surface area contributed by atoms with Gasteiger partial charge in [0, 0.05) is 51.3 Å². The molecule has 3 aromatic rings. The maximum absolute atomic E-state index is 13.8. The maximum atomic E-state index is 13.8. The summed E-state index contributed by atoms with van der Waals surface area (Å²) in [6.07, 6.45) is 4.70. The summed E-state index contributed by atoms with van der Waals surface area (Å²) < 4.78 is 0. The third kappa shape index (κ3) is 6.18. The Hall–Kier alpha value is -4.03. The summed E-state index contributed by atoms with van der Waals surface area (Å²) >= 11 is 0. The smallest absolute Gasteiger partial charge is 0.254 e. The molecule has 0 atom stereocenters. The quantitative estimate of drug-likeness (QED) is 0.444. The van der Waals surface area contributed by atoms with Crippen LogP contribution in [0.4, 0.5) is 0 Å². The van der Waals surface area contributed by atoms with Crippen molar-refractivity contribution < 1.29 is 9.59 Å². The molecule has 9 nitrogen and oxygen atoms in total. The van der Waals surface area contributed by atoms with Crippen molar-refractivity contribution in [3.05, 3.63) is 69.5 Å². The van der Waals surface area contributed by atoms with Gasteiger partial charge in [0.2, 0.25) is 0 Å². The molecule has 2 fully saturated rings. The maximum Gasteiger partial charge on any atom is 0.254 e. The van der Waals surface area contributed by atoms with Gasteiger partial charge in [-0.3, -0.25) is 14.7 Å². The van der Waals surface area contributed by atoms with Crippen LogP contribution >= 0.6 is 0 Å². The lowest BCUT2D eigenvalue weighted by molar-refractivity contribution is 0.0712. The van der Waals surface area contributed by atoms with Crippen molar-refractivity contribution >= 4 is 11.8 Å². The molecule has 1 saturated carbocycles. The number of H-pyrrole nitrogens is 1. The molecule has 0 spiro atoms. The highest BCUT2D eigenvalue weighted by Crippen LogP contribution is 2.45. The molecule has 1 aliphatic carbocycles. The van der Waals surface area contributed by atoms with Crippen LogP contribution in [0.3, 0.4) is 0 Å². The minimum atomic E-state index is -0.173. The number of likely N-dealkylation sites (tertiary alicyclic amines) is 1. The van der Waals surface area contributed by atoms with E-state index in [0.717, 1.165) is 61.2 Å². The highest BCUT2D eigenvalue weighted by molar-refractivity contribution is 5.97. The molecule has 214 valence electrons. The number of hydrogen-bond donors (Lipinski definition) is 1. The van der Waals surface area contributed by atoms with Crippen LogP contribution in [0.1, 0.15) is 86.3 Å². The van der Waals surface area contributed by atoms with Gasteiger partial charge in [0.15, 0.2) is 5.82 Å². The Labute approximate surface area is 242 Å². The van der Waals surface area contributed by atoms with E-state index in [9.17, 15) is 14.9 Å². The lowest BCUT2D eigenvalue weighted by Gasteiger charge is -2.33. The number of benzene rings is 2. The molecule has 2 amide bonds. The molecule has 2 aromatic carbocycles. The van der Waals surface area contributed by atoms with Crippen LogP contribution < -0.4 is 0 Å². The van der Waals surface area contributed by atoms with Crippen LogP contribution in [0, 0.1) is 18.3 Å². The number of aromatic nitrogens is 3. The molecule has 1 N–H and O–H groups in total. The van der Waals surface area contributed by atoms with E-state index in [1.807, 2.05) is 44.1 Å². The second kappa shape index (κ2) is 11.8. The first kappa shape index (κ1) is 28.5. The highest BCUT2D eigenvalue weighted by Gasteiger charge is 2.31. The number of nitrogens with zero attached hydrogens (tertiary/aromatic N) is 6. The molecule has 0 radical (unpaired) electrons. The molecule has 41 heavy (non-hydrogen) atoms. The second-order valence-corrected chi connectivity index (χ2v) is 11.9. The van der Waals surface area contributed by atoms with Gasteiger partial charge in [0.1, 0.15) is 5.82 Å². The normalized spacial score (nSPS) is 15.7. The van der Waals surface area contributed by atoms with Gasteiger partial charge in [-0.25, -0.2) is 4.98 Å². The Kier molecular flexibility index (Phi) is 8.22. The van der Waals surface area contributed by atoms with Crippen molar-refractivity contribution in [3.63, 3.8) is 0 Å². The summed E-state index contributed by atoms with van der Waals surface area (Å²) in [6, 6.07) is 11.9. The molecule has 2 aliphatic rings. The molecule has 1 aromatic heterocycles. The monoisotopic (exact) mass is 553 g/mol. The number of aromatic amines is 1. The van der Waals surface area contributed by atoms with E-state index in [1.165, 1.54) is 10.5 Å². The summed E-state index contributed by atoms with van der Waals surface area (Å²) in [5, 5.41) is 17.1. The number of carbonyl (C=O) groups excluding carboxylic acids is 2. The zero-order valence-corrected chi connectivity index (χ0v) is 24.7. The Morgan fingerprint density at radius 3 is 2.39 bits per heavy atom. The third-order valence-corrected chi connectivity index (χ3v) is 8.27. The molecule has 9 heteroatoms. The predicted molar refractivity (Wildman–Crippen MR) is 158 cm³/mol. The fraction of sp³-hybridized carbons (Fsp3) is 0.469. The number of amides is 2. The van der Waals surface area contributed by atoms with Gasteiger partial charge in [0.05, 0.1) is 17.2 Å². The van der Waals surface area contributed by atoms with Crippen LogP contribution in [0.5, 0.6) is 0 Å². The Morgan fingerprint density at radius 1 is 1.02 bits per heavy atom. The van der Waals surface area contributed by atoms with Gasteiger partial charge in [0.25, 0.3) is 11.8 Å². The van der Waals surface area contributed by atoms with Crippen molar-refractivity contribution in [2.75, 3.05) is 47.8 Å². The van der Waals surface area contributed by atoms with Crippen molar-refractivity contribution in [1.29, 1.82) is 5.26 Å². The number of likely N-dealkylation sites (N-methyl/N-ethyl adjacent to an activating group) is 1. The Balaban J connectivity index is 1.34. The van der Waals surface area contributed by atoms with Crippen LogP contribution in [-0.4, -0.2) is 89.5 Å². The molecule has 2 heterocycles. The van der Waals surface area contributed by atoms with E-state index in [-0.39, 0.29) is 17.7 Å². The van der Waals surface area contributed by atoms with Crippen molar-refractivity contribution in [1.82, 2.24) is 29.9 Å². The van der Waals surface area contributed by atoms with E-state index >= 15 is 0 Å². The fourth-order valence-electron chi connectivity index (χ4n) is 5.66. The van der Waals surface area contributed by atoms with Gasteiger partial charge in [-0.15, -0.1) is 0 Å². The van der Waals surface area contributed by atoms with E-state index in [2.05, 4.69) is 27.2 Å². The second-order valence-electron chi connectivity index (χ2n) is 11.9. The van der Waals surface area contributed by atoms with E-state index in [1.54, 1.807) is 20.2 Å². The van der Waals surface area contributed by atoms with Crippen LogP contribution in [0.25, 0.3) is 11.4 Å². The fourth-order valence-corrected chi connectivity index (χ4v) is 5.66. The number of piperidine rings is 1. The minimum absolute atomic E-state index is 0.0382. The summed E-state index contributed by atoms with van der Waals surface area (Å²) in [6.45, 7) is 4.17. The standard InChI is InChI=1S/C32H39N7O2/c1-20-16-26(22-6-7-22)28(30-34-29(35-36-30)12-13-37(2)3)18-25(20)32(41)39-14-10-21(11-15-39)23-8-9-24(19-33)27(17-23)31(40)38(4)5/h8-9,16-18,21-22H,6-7,10-15H2,1-5H3,(H,34,35,36). The molecule has 0 unspecified atom stereocenters. The molecule has 1 saturated heterocycles. The average Bonchev–Trinajstić information content (AvgIpc) is 3.72. The summed E-state index contributed by atoms with van der Waals surface area (Å²) in [4.78, 5) is 36.8. The van der Waals surface area contributed by atoms with Gasteiger partial charge in [-0.05, 0) is 93.4 Å². The molecular weight excluding hydrogens is 514 g/mol. The first-order valence-corrected chi connectivity index (χ1v) is 14.4. The predicted octanol–water partition coefficient (Wildman–Crippen LogP) is 4.35. The number of hydrogen-bond acceptors (Lipinski definition) is 6. The van der Waals surface area contributed by atoms with E-state index < -0.39 is 0 Å². The molecule has 1 aliphatic heterocycles. The highest BCUT2D eigenvalue weighted by atomic mass is 16.2. The number of rotatable bonds is 8. The van der Waals surface area contributed by atoms with Gasteiger partial charge >= 0.3 is 0 Å². The third-order valence-electron chi connectivity index (χ3n) is 8.27. The molecular formula is C32H39N7O2. The van der Waals surface area contributed by atoms with Crippen LogP contribution in [0.15, 0.2) is 30.3 Å². The van der Waals surface area contributed by atoms with Gasteiger partial charge in [-0.2, -0.15) is 10.4 Å². The SMILES string of the molecule is Cc1cc(C2CC2)c(-c2n[nH]c(CCN(C)C)n2)cc1C(=O)N1CCC(c2ccc(C#N)c(C(=O)N(C)C)c2)CC1. The zero-order valence-electron chi connectivity index (χ0n) is 24.7. The molecule has 0 bridgehead atoms. The largest absolute Gasteiger partial charge is 0.345 e. The lowest BCUT2D eigenvalue weighted by atomic mass is 9.87. The van der Waals surface area contributed by atoms with E-state index in [4.69, 9.17) is 4.98 Å². The topological polar surface area (TPSA) is 109 Å². The number of nitriles is 1. The molecule has 5 rings (SSSR count). The first-order chi connectivity index (χ1) is 19.7. The summed E-state index contributed by atoms with van der Waals surface area (Å²) in [7, 11) is 7.46. The van der Waals surface area contributed by atoms with Gasteiger partial charge in [-0.1, -0.05) is 12.1 Å².